The van der Waals surface area contributed by atoms with Crippen molar-refractivity contribution in [2.24, 2.45) is 0 Å². The molecular weight excluding hydrogens is 258 g/mol. The third-order valence-electron chi connectivity index (χ3n) is 2.28. The molecule has 2 rings (SSSR count). The number of hydrogen-bond acceptors (Lipinski definition) is 5. The molecule has 6 heteroatoms. The topological polar surface area (TPSA) is 60.8 Å². The standard InChI is InChI=1S/C11H9NO3S2/c1-12-10(15)9(17-11(12)16)5-6-2-3-7(13)8(14)4-6/h2-5,13-14H,1H3/b9-5-. The first-order chi connectivity index (χ1) is 7.99. The van der Waals surface area contributed by atoms with Crippen LogP contribution in [-0.4, -0.2) is 32.4 Å². The Kier molecular flexibility index (Phi) is 3.08. The van der Waals surface area contributed by atoms with Crippen molar-refractivity contribution in [3.8, 4) is 11.5 Å². The predicted octanol–water partition coefficient (Wildman–Crippen LogP) is 1.93. The number of carbonyl (C=O) groups excluding carboxylic acids is 1. The van der Waals surface area contributed by atoms with E-state index in [9.17, 15) is 9.90 Å². The SMILES string of the molecule is CN1C(=O)/C(=C/c2ccc(O)c(O)c2)SC1=S. The molecule has 1 aliphatic heterocycles. The molecule has 0 atom stereocenters. The van der Waals surface area contributed by atoms with Gasteiger partial charge in [-0.15, -0.1) is 0 Å². The maximum absolute atomic E-state index is 11.7. The van der Waals surface area contributed by atoms with Crippen molar-refractivity contribution in [2.45, 2.75) is 0 Å². The maximum Gasteiger partial charge on any atom is 0.265 e. The van der Waals surface area contributed by atoms with E-state index in [1.54, 1.807) is 19.2 Å². The molecule has 0 spiro atoms. The number of nitrogens with zero attached hydrogens (tertiary/aromatic N) is 1. The molecule has 0 radical (unpaired) electrons. The second kappa shape index (κ2) is 4.38. The molecule has 1 saturated heterocycles. The molecule has 17 heavy (non-hydrogen) atoms. The summed E-state index contributed by atoms with van der Waals surface area (Å²) in [5, 5.41) is 18.5. The highest BCUT2D eigenvalue weighted by molar-refractivity contribution is 8.26. The highest BCUT2D eigenvalue weighted by atomic mass is 32.2. The number of amides is 1. The van der Waals surface area contributed by atoms with E-state index < -0.39 is 0 Å². The van der Waals surface area contributed by atoms with Gasteiger partial charge in [0.1, 0.15) is 4.32 Å². The summed E-state index contributed by atoms with van der Waals surface area (Å²) in [6.07, 6.45) is 1.63. The van der Waals surface area contributed by atoms with E-state index in [0.29, 0.717) is 14.8 Å². The Bertz CT molecular complexity index is 540. The van der Waals surface area contributed by atoms with Crippen LogP contribution in [-0.2, 0) is 4.79 Å². The average Bonchev–Trinajstić information content (AvgIpc) is 2.52. The fraction of sp³-hybridized carbons (Fsp3) is 0.0909. The number of hydrogen-bond donors (Lipinski definition) is 2. The summed E-state index contributed by atoms with van der Waals surface area (Å²) in [6.45, 7) is 0. The van der Waals surface area contributed by atoms with E-state index in [2.05, 4.69) is 0 Å². The molecule has 0 unspecified atom stereocenters. The van der Waals surface area contributed by atoms with Crippen molar-refractivity contribution in [3.05, 3.63) is 28.7 Å². The van der Waals surface area contributed by atoms with Gasteiger partial charge in [-0.25, -0.2) is 0 Å². The molecule has 1 heterocycles. The lowest BCUT2D eigenvalue weighted by atomic mass is 10.2. The first-order valence-corrected chi connectivity index (χ1v) is 5.95. The van der Waals surface area contributed by atoms with Gasteiger partial charge in [-0.05, 0) is 23.8 Å². The van der Waals surface area contributed by atoms with Crippen molar-refractivity contribution in [3.63, 3.8) is 0 Å². The quantitative estimate of drug-likeness (QED) is 0.462. The van der Waals surface area contributed by atoms with Crippen molar-refractivity contribution >= 4 is 40.3 Å². The largest absolute Gasteiger partial charge is 0.504 e. The van der Waals surface area contributed by atoms with Crippen LogP contribution < -0.4 is 0 Å². The minimum Gasteiger partial charge on any atom is -0.504 e. The van der Waals surface area contributed by atoms with E-state index in [0.717, 1.165) is 0 Å². The second-order valence-corrected chi connectivity index (χ2v) is 5.16. The molecule has 2 N–H and O–H groups in total. The molecular formula is C11H9NO3S2. The number of thioether (sulfide) groups is 1. The van der Waals surface area contributed by atoms with Gasteiger partial charge in [-0.3, -0.25) is 9.69 Å². The summed E-state index contributed by atoms with van der Waals surface area (Å²) in [6, 6.07) is 4.36. The van der Waals surface area contributed by atoms with Crippen LogP contribution >= 0.6 is 24.0 Å². The number of phenols is 2. The Hall–Kier alpha value is -1.53. The van der Waals surface area contributed by atoms with Crippen molar-refractivity contribution in [1.82, 2.24) is 4.90 Å². The van der Waals surface area contributed by atoms with Gasteiger partial charge in [0, 0.05) is 7.05 Å². The Morgan fingerprint density at radius 2 is 2.06 bits per heavy atom. The summed E-state index contributed by atoms with van der Waals surface area (Å²) in [4.78, 5) is 13.6. The fourth-order valence-electron chi connectivity index (χ4n) is 1.33. The number of likely N-dealkylation sites (N-methyl/N-ethyl adjacent to an activating group) is 1. The van der Waals surface area contributed by atoms with E-state index in [4.69, 9.17) is 17.3 Å². The zero-order valence-corrected chi connectivity index (χ0v) is 10.5. The van der Waals surface area contributed by atoms with E-state index >= 15 is 0 Å². The average molecular weight is 267 g/mol. The van der Waals surface area contributed by atoms with Crippen molar-refractivity contribution in [1.29, 1.82) is 0 Å². The summed E-state index contributed by atoms with van der Waals surface area (Å²) in [5.74, 6) is -0.566. The zero-order valence-electron chi connectivity index (χ0n) is 8.88. The minimum absolute atomic E-state index is 0.160. The molecule has 4 nitrogen and oxygen atoms in total. The van der Waals surface area contributed by atoms with Crippen LogP contribution in [0.3, 0.4) is 0 Å². The molecule has 1 aromatic carbocycles. The second-order valence-electron chi connectivity index (χ2n) is 3.49. The first-order valence-electron chi connectivity index (χ1n) is 4.72. The molecule has 88 valence electrons. The number of thiocarbonyl (C=S) groups is 1. The molecule has 1 aromatic rings. The smallest absolute Gasteiger partial charge is 0.265 e. The molecule has 1 aliphatic rings. The number of aromatic hydroxyl groups is 2. The van der Waals surface area contributed by atoms with Crippen molar-refractivity contribution < 1.29 is 15.0 Å². The number of phenolic OH excluding ortho intramolecular Hbond substituents is 2. The van der Waals surface area contributed by atoms with Crippen LogP contribution in [0, 0.1) is 0 Å². The third-order valence-corrected chi connectivity index (χ3v) is 3.77. The Balaban J connectivity index is 2.34. The van der Waals surface area contributed by atoms with Gasteiger partial charge in [0.15, 0.2) is 11.5 Å². The summed E-state index contributed by atoms with van der Waals surface area (Å²) in [5.41, 5.74) is 0.634. The van der Waals surface area contributed by atoms with Crippen LogP contribution in [0.1, 0.15) is 5.56 Å². The van der Waals surface area contributed by atoms with Crippen molar-refractivity contribution in [2.75, 3.05) is 7.05 Å². The highest BCUT2D eigenvalue weighted by Crippen LogP contribution is 2.33. The minimum atomic E-state index is -0.217. The van der Waals surface area contributed by atoms with Gasteiger partial charge in [0.2, 0.25) is 0 Å². The summed E-state index contributed by atoms with van der Waals surface area (Å²) >= 11 is 6.21. The lowest BCUT2D eigenvalue weighted by molar-refractivity contribution is -0.121. The Morgan fingerprint density at radius 3 is 2.59 bits per heavy atom. The maximum atomic E-state index is 11.7. The van der Waals surface area contributed by atoms with Crippen LogP contribution in [0.15, 0.2) is 23.1 Å². The monoisotopic (exact) mass is 267 g/mol. The van der Waals surface area contributed by atoms with Gasteiger partial charge in [-0.1, -0.05) is 30.0 Å². The van der Waals surface area contributed by atoms with Gasteiger partial charge in [0.25, 0.3) is 5.91 Å². The van der Waals surface area contributed by atoms with E-state index in [1.807, 2.05) is 0 Å². The molecule has 0 aliphatic carbocycles. The molecule has 0 aromatic heterocycles. The predicted molar refractivity (Wildman–Crippen MR) is 70.7 cm³/mol. The normalized spacial score (nSPS) is 18.2. The zero-order chi connectivity index (χ0) is 12.6. The summed E-state index contributed by atoms with van der Waals surface area (Å²) < 4.78 is 0.504. The number of benzene rings is 1. The lowest BCUT2D eigenvalue weighted by Gasteiger charge is -2.03. The third kappa shape index (κ3) is 2.27. The number of carbonyl (C=O) groups is 1. The van der Waals surface area contributed by atoms with Crippen LogP contribution in [0.4, 0.5) is 0 Å². The first kappa shape index (κ1) is 11.9. The highest BCUT2D eigenvalue weighted by Gasteiger charge is 2.28. The van der Waals surface area contributed by atoms with Gasteiger partial charge in [0.05, 0.1) is 4.91 Å². The Morgan fingerprint density at radius 1 is 1.35 bits per heavy atom. The molecule has 1 amide bonds. The lowest BCUT2D eigenvalue weighted by Crippen LogP contribution is -2.22. The number of rotatable bonds is 1. The van der Waals surface area contributed by atoms with Gasteiger partial charge < -0.3 is 10.2 Å². The molecule has 0 saturated carbocycles. The van der Waals surface area contributed by atoms with Gasteiger partial charge in [-0.2, -0.15) is 0 Å². The van der Waals surface area contributed by atoms with E-state index in [-0.39, 0.29) is 17.4 Å². The van der Waals surface area contributed by atoms with Crippen LogP contribution in [0.25, 0.3) is 6.08 Å². The Labute approximate surface area is 108 Å². The van der Waals surface area contributed by atoms with Crippen LogP contribution in [0.2, 0.25) is 0 Å². The fourth-order valence-corrected chi connectivity index (χ4v) is 2.51. The summed E-state index contributed by atoms with van der Waals surface area (Å²) in [7, 11) is 1.62. The van der Waals surface area contributed by atoms with Gasteiger partial charge >= 0.3 is 0 Å². The van der Waals surface area contributed by atoms with E-state index in [1.165, 1.54) is 28.8 Å². The molecule has 0 bridgehead atoms. The molecule has 1 fully saturated rings. The van der Waals surface area contributed by atoms with Crippen LogP contribution in [0.5, 0.6) is 11.5 Å².